The molecular weight excluding hydrogens is 421 g/mol. The molecule has 0 aromatic heterocycles. The summed E-state index contributed by atoms with van der Waals surface area (Å²) < 4.78 is 5.92. The summed E-state index contributed by atoms with van der Waals surface area (Å²) in [7, 11) is 0. The maximum atomic E-state index is 12.1. The number of rotatable bonds is 5. The number of nitrogens with one attached hydrogen (secondary N) is 1. The molecule has 0 bridgehead atoms. The van der Waals surface area contributed by atoms with Crippen molar-refractivity contribution in [2.45, 2.75) is 26.4 Å². The highest BCUT2D eigenvalue weighted by Crippen LogP contribution is 2.21. The van der Waals surface area contributed by atoms with Crippen LogP contribution in [0.4, 0.5) is 5.69 Å². The quantitative estimate of drug-likeness (QED) is 0.550. The van der Waals surface area contributed by atoms with E-state index in [1.807, 2.05) is 34.7 Å². The van der Waals surface area contributed by atoms with Crippen LogP contribution < -0.4 is 5.32 Å². The zero-order chi connectivity index (χ0) is 17.7. The summed E-state index contributed by atoms with van der Waals surface area (Å²) in [5.74, 6) is -1.35. The van der Waals surface area contributed by atoms with Crippen LogP contribution in [0, 0.1) is 3.57 Å². The summed E-state index contributed by atoms with van der Waals surface area (Å²) in [5, 5.41) is 12.4. The van der Waals surface area contributed by atoms with E-state index in [-0.39, 0.29) is 11.3 Å². The summed E-state index contributed by atoms with van der Waals surface area (Å²) >= 11 is 2.03. The van der Waals surface area contributed by atoms with E-state index in [2.05, 4.69) is 12.2 Å². The molecule has 0 aliphatic heterocycles. The molecular formula is C18H18INO4. The largest absolute Gasteiger partial charge is 0.507 e. The molecule has 0 saturated carbocycles. The van der Waals surface area contributed by atoms with Crippen molar-refractivity contribution in [1.82, 2.24) is 0 Å². The number of ether oxygens (including phenoxy) is 1. The number of aryl methyl sites for hydroxylation is 1. The Morgan fingerprint density at radius 3 is 2.50 bits per heavy atom. The number of hydrogen-bond acceptors (Lipinski definition) is 4. The molecule has 24 heavy (non-hydrogen) atoms. The summed E-state index contributed by atoms with van der Waals surface area (Å²) in [6.07, 6.45) is -0.0673. The first-order valence-corrected chi connectivity index (χ1v) is 8.58. The van der Waals surface area contributed by atoms with Gasteiger partial charge < -0.3 is 15.2 Å². The smallest absolute Gasteiger partial charge is 0.342 e. The molecule has 0 spiro atoms. The van der Waals surface area contributed by atoms with E-state index < -0.39 is 18.0 Å². The lowest BCUT2D eigenvalue weighted by atomic mass is 10.1. The molecule has 2 aromatic rings. The Morgan fingerprint density at radius 1 is 1.21 bits per heavy atom. The summed E-state index contributed by atoms with van der Waals surface area (Å²) in [6, 6.07) is 12.0. The lowest BCUT2D eigenvalue weighted by molar-refractivity contribution is -0.123. The van der Waals surface area contributed by atoms with Crippen molar-refractivity contribution in [3.05, 3.63) is 57.2 Å². The Labute approximate surface area is 154 Å². The third-order valence-electron chi connectivity index (χ3n) is 3.46. The number of phenolic OH excluding ortho intramolecular Hbond substituents is 1. The van der Waals surface area contributed by atoms with E-state index in [1.165, 1.54) is 24.6 Å². The molecule has 126 valence electrons. The van der Waals surface area contributed by atoms with E-state index in [0.29, 0.717) is 5.69 Å². The highest BCUT2D eigenvalue weighted by molar-refractivity contribution is 14.1. The molecule has 0 saturated heterocycles. The third-order valence-corrected chi connectivity index (χ3v) is 4.13. The maximum Gasteiger partial charge on any atom is 0.342 e. The van der Waals surface area contributed by atoms with Gasteiger partial charge in [-0.25, -0.2) is 4.79 Å². The van der Waals surface area contributed by atoms with Crippen LogP contribution in [0.5, 0.6) is 5.75 Å². The van der Waals surface area contributed by atoms with Gasteiger partial charge in [0.2, 0.25) is 0 Å². The topological polar surface area (TPSA) is 75.6 Å². The number of phenols is 1. The number of benzene rings is 2. The second-order valence-electron chi connectivity index (χ2n) is 5.25. The van der Waals surface area contributed by atoms with Gasteiger partial charge in [0.05, 0.1) is 0 Å². The fourth-order valence-electron chi connectivity index (χ4n) is 2.02. The first kappa shape index (κ1) is 18.3. The Hall–Kier alpha value is -2.09. The average molecular weight is 439 g/mol. The van der Waals surface area contributed by atoms with Gasteiger partial charge in [0.15, 0.2) is 6.10 Å². The minimum absolute atomic E-state index is 0.0360. The molecule has 1 amide bonds. The van der Waals surface area contributed by atoms with Gasteiger partial charge >= 0.3 is 5.97 Å². The molecule has 2 N–H and O–H groups in total. The van der Waals surface area contributed by atoms with Crippen molar-refractivity contribution >= 4 is 40.2 Å². The minimum Gasteiger partial charge on any atom is -0.507 e. The first-order valence-electron chi connectivity index (χ1n) is 7.50. The molecule has 5 nitrogen and oxygen atoms in total. The summed E-state index contributed by atoms with van der Waals surface area (Å²) in [5.41, 5.74) is 1.84. The normalized spacial score (nSPS) is 11.6. The first-order chi connectivity index (χ1) is 11.4. The number of carbonyl (C=O) groups is 2. The van der Waals surface area contributed by atoms with E-state index in [4.69, 9.17) is 4.74 Å². The highest BCUT2D eigenvalue weighted by atomic mass is 127. The monoisotopic (exact) mass is 439 g/mol. The molecule has 2 aromatic carbocycles. The molecule has 2 rings (SSSR count). The Bertz CT molecular complexity index is 743. The van der Waals surface area contributed by atoms with E-state index in [0.717, 1.165) is 9.99 Å². The molecule has 0 aliphatic rings. The molecule has 0 radical (unpaired) electrons. The zero-order valence-electron chi connectivity index (χ0n) is 13.4. The van der Waals surface area contributed by atoms with Gasteiger partial charge in [0.25, 0.3) is 5.91 Å². The van der Waals surface area contributed by atoms with Crippen molar-refractivity contribution < 1.29 is 19.4 Å². The number of aromatic hydroxyl groups is 1. The lowest BCUT2D eigenvalue weighted by Crippen LogP contribution is -2.30. The number of carbonyl (C=O) groups excluding carboxylic acids is 2. The second kappa shape index (κ2) is 8.14. The number of hydrogen-bond donors (Lipinski definition) is 2. The van der Waals surface area contributed by atoms with Gasteiger partial charge in [0, 0.05) is 9.26 Å². The van der Waals surface area contributed by atoms with Gasteiger partial charge in [-0.05, 0) is 71.8 Å². The minimum atomic E-state index is -0.986. The van der Waals surface area contributed by atoms with Gasteiger partial charge in [-0.2, -0.15) is 0 Å². The Morgan fingerprint density at radius 2 is 1.88 bits per heavy atom. The molecule has 0 aliphatic carbocycles. The highest BCUT2D eigenvalue weighted by Gasteiger charge is 2.21. The third kappa shape index (κ3) is 4.70. The summed E-state index contributed by atoms with van der Waals surface area (Å²) in [6.45, 7) is 3.54. The average Bonchev–Trinajstić information content (AvgIpc) is 2.57. The number of halogens is 1. The van der Waals surface area contributed by atoms with E-state index >= 15 is 0 Å². The van der Waals surface area contributed by atoms with Crippen LogP contribution in [0.1, 0.15) is 29.8 Å². The van der Waals surface area contributed by atoms with Gasteiger partial charge in [-0.15, -0.1) is 0 Å². The maximum absolute atomic E-state index is 12.1. The van der Waals surface area contributed by atoms with E-state index in [1.54, 1.807) is 18.2 Å². The van der Waals surface area contributed by atoms with Crippen molar-refractivity contribution in [3.63, 3.8) is 0 Å². The Balaban J connectivity index is 2.00. The van der Waals surface area contributed by atoms with Gasteiger partial charge in [-0.1, -0.05) is 19.1 Å². The van der Waals surface area contributed by atoms with Crippen LogP contribution in [0.25, 0.3) is 0 Å². The van der Waals surface area contributed by atoms with Crippen molar-refractivity contribution in [1.29, 1.82) is 0 Å². The van der Waals surface area contributed by atoms with Crippen molar-refractivity contribution in [3.8, 4) is 5.75 Å². The van der Waals surface area contributed by atoms with Crippen molar-refractivity contribution in [2.24, 2.45) is 0 Å². The van der Waals surface area contributed by atoms with Crippen LogP contribution in [-0.2, 0) is 16.0 Å². The predicted octanol–water partition coefficient (Wildman–Crippen LogP) is 3.74. The molecule has 6 heteroatoms. The SMILES string of the molecule is CCc1ccc(NC(=O)C(C)OC(=O)c2cc(I)ccc2O)cc1. The standard InChI is InChI=1S/C18H18INO4/c1-3-12-4-7-14(8-5-12)20-17(22)11(2)24-18(23)15-10-13(19)6-9-16(15)21/h4-11,21H,3H2,1-2H3,(H,20,22). The van der Waals surface area contributed by atoms with E-state index in [9.17, 15) is 14.7 Å². The fraction of sp³-hybridized carbons (Fsp3) is 0.222. The number of anilines is 1. The van der Waals surface area contributed by atoms with Crippen LogP contribution in [0.2, 0.25) is 0 Å². The number of esters is 1. The van der Waals surface area contributed by atoms with Crippen LogP contribution >= 0.6 is 22.6 Å². The van der Waals surface area contributed by atoms with Crippen molar-refractivity contribution in [2.75, 3.05) is 5.32 Å². The number of amides is 1. The van der Waals surface area contributed by atoms with Crippen LogP contribution in [0.3, 0.4) is 0 Å². The van der Waals surface area contributed by atoms with Crippen LogP contribution in [-0.4, -0.2) is 23.1 Å². The molecule has 1 atom stereocenters. The lowest BCUT2D eigenvalue weighted by Gasteiger charge is -2.14. The fourth-order valence-corrected chi connectivity index (χ4v) is 2.51. The molecule has 0 fully saturated rings. The molecule has 1 unspecified atom stereocenters. The van der Waals surface area contributed by atoms with Gasteiger partial charge in [0.1, 0.15) is 11.3 Å². The van der Waals surface area contributed by atoms with Crippen LogP contribution in [0.15, 0.2) is 42.5 Å². The zero-order valence-corrected chi connectivity index (χ0v) is 15.5. The second-order valence-corrected chi connectivity index (χ2v) is 6.49. The summed E-state index contributed by atoms with van der Waals surface area (Å²) in [4.78, 5) is 24.2. The molecule has 0 heterocycles. The Kier molecular flexibility index (Phi) is 6.19. The predicted molar refractivity (Wildman–Crippen MR) is 100 cm³/mol. The van der Waals surface area contributed by atoms with Gasteiger partial charge in [-0.3, -0.25) is 4.79 Å².